The summed E-state index contributed by atoms with van der Waals surface area (Å²) in [5.41, 5.74) is 2.64. The van der Waals surface area contributed by atoms with E-state index in [0.717, 1.165) is 16.7 Å². The highest BCUT2D eigenvalue weighted by Crippen LogP contribution is 2.25. The van der Waals surface area contributed by atoms with E-state index in [-0.39, 0.29) is 11.8 Å². The molecule has 25 heavy (non-hydrogen) atoms. The Morgan fingerprint density at radius 3 is 2.56 bits per heavy atom. The molecule has 0 spiro atoms. The van der Waals surface area contributed by atoms with Gasteiger partial charge < -0.3 is 4.90 Å². The highest BCUT2D eigenvalue weighted by molar-refractivity contribution is 5.99. The number of benzene rings is 2. The van der Waals surface area contributed by atoms with E-state index in [0.29, 0.717) is 18.8 Å². The van der Waals surface area contributed by atoms with Gasteiger partial charge in [-0.3, -0.25) is 19.5 Å². The van der Waals surface area contributed by atoms with Crippen LogP contribution in [0.2, 0.25) is 0 Å². The first kappa shape index (κ1) is 15.4. The van der Waals surface area contributed by atoms with Crippen LogP contribution in [0, 0.1) is 0 Å². The lowest BCUT2D eigenvalue weighted by molar-refractivity contribution is -0.131. The zero-order chi connectivity index (χ0) is 17.4. The third-order valence-electron chi connectivity index (χ3n) is 4.61. The number of fused-ring (bicyclic) bond motifs is 1. The van der Waals surface area contributed by atoms with E-state index in [1.807, 2.05) is 59.2 Å². The first-order valence-electron chi connectivity index (χ1n) is 8.24. The van der Waals surface area contributed by atoms with Gasteiger partial charge in [-0.15, -0.1) is 0 Å². The van der Waals surface area contributed by atoms with E-state index in [2.05, 4.69) is 10.3 Å². The van der Waals surface area contributed by atoms with Crippen LogP contribution in [0.4, 0.5) is 5.95 Å². The van der Waals surface area contributed by atoms with Crippen LogP contribution >= 0.6 is 0 Å². The minimum atomic E-state index is -0.448. The number of anilines is 1. The Kier molecular flexibility index (Phi) is 3.72. The van der Waals surface area contributed by atoms with Crippen LogP contribution in [0.1, 0.15) is 12.8 Å². The van der Waals surface area contributed by atoms with Crippen molar-refractivity contribution in [2.45, 2.75) is 18.9 Å². The number of amides is 2. The number of para-hydroxylation sites is 3. The molecule has 126 valence electrons. The average molecular weight is 334 g/mol. The van der Waals surface area contributed by atoms with E-state index in [1.165, 1.54) is 4.90 Å². The molecule has 2 amide bonds. The minimum absolute atomic E-state index is 0.00304. The molecule has 1 unspecified atom stereocenters. The monoisotopic (exact) mass is 334 g/mol. The number of aromatic nitrogens is 2. The van der Waals surface area contributed by atoms with Crippen LogP contribution in [0.25, 0.3) is 16.7 Å². The fourth-order valence-corrected chi connectivity index (χ4v) is 3.25. The molecule has 6 nitrogen and oxygen atoms in total. The number of nitrogens with zero attached hydrogens (tertiary/aromatic N) is 3. The van der Waals surface area contributed by atoms with Gasteiger partial charge in [0, 0.05) is 19.2 Å². The standard InChI is InChI=1S/C19H18N4O2/c1-22-16(11-12-17(22)24)18(25)21-19-20-14-9-5-6-10-15(14)23(19)13-7-3-2-4-8-13/h2-10,16H,11-12H2,1H3,(H,20,21,25). The van der Waals surface area contributed by atoms with Gasteiger partial charge in [0.2, 0.25) is 17.8 Å². The molecule has 0 saturated carbocycles. The van der Waals surface area contributed by atoms with Crippen LogP contribution < -0.4 is 5.32 Å². The van der Waals surface area contributed by atoms with Crippen LogP contribution in [-0.4, -0.2) is 39.4 Å². The first-order chi connectivity index (χ1) is 12.1. The van der Waals surface area contributed by atoms with Gasteiger partial charge in [-0.05, 0) is 30.7 Å². The number of carbonyl (C=O) groups is 2. The molecule has 2 aromatic carbocycles. The Balaban J connectivity index is 1.75. The van der Waals surface area contributed by atoms with Gasteiger partial charge in [-0.1, -0.05) is 30.3 Å². The van der Waals surface area contributed by atoms with E-state index >= 15 is 0 Å². The van der Waals surface area contributed by atoms with Crippen molar-refractivity contribution in [3.63, 3.8) is 0 Å². The number of rotatable bonds is 3. The molecule has 1 aromatic heterocycles. The van der Waals surface area contributed by atoms with Crippen molar-refractivity contribution in [1.29, 1.82) is 0 Å². The maximum absolute atomic E-state index is 12.7. The molecule has 1 saturated heterocycles. The summed E-state index contributed by atoms with van der Waals surface area (Å²) in [4.78, 5) is 30.4. The Hall–Kier alpha value is -3.15. The molecule has 0 aliphatic carbocycles. The minimum Gasteiger partial charge on any atom is -0.334 e. The second-order valence-corrected chi connectivity index (χ2v) is 6.14. The van der Waals surface area contributed by atoms with Crippen molar-refractivity contribution >= 4 is 28.8 Å². The van der Waals surface area contributed by atoms with Crippen molar-refractivity contribution in [3.8, 4) is 5.69 Å². The van der Waals surface area contributed by atoms with Crippen LogP contribution in [0.5, 0.6) is 0 Å². The Morgan fingerprint density at radius 2 is 1.84 bits per heavy atom. The first-order valence-corrected chi connectivity index (χ1v) is 8.24. The molecule has 1 atom stereocenters. The van der Waals surface area contributed by atoms with Crippen molar-refractivity contribution < 1.29 is 9.59 Å². The Bertz CT molecular complexity index is 948. The number of imidazole rings is 1. The number of hydrogen-bond donors (Lipinski definition) is 1. The van der Waals surface area contributed by atoms with Gasteiger partial charge in [-0.25, -0.2) is 4.98 Å². The van der Waals surface area contributed by atoms with Gasteiger partial charge >= 0.3 is 0 Å². The maximum atomic E-state index is 12.7. The van der Waals surface area contributed by atoms with Crippen LogP contribution in [0.3, 0.4) is 0 Å². The lowest BCUT2D eigenvalue weighted by atomic mass is 10.2. The van der Waals surface area contributed by atoms with Crippen LogP contribution in [-0.2, 0) is 9.59 Å². The summed E-state index contributed by atoms with van der Waals surface area (Å²) in [6, 6.07) is 17.1. The van der Waals surface area contributed by atoms with Crippen molar-refractivity contribution in [3.05, 3.63) is 54.6 Å². The number of carbonyl (C=O) groups excluding carboxylic acids is 2. The fraction of sp³-hybridized carbons (Fsp3) is 0.211. The van der Waals surface area contributed by atoms with Gasteiger partial charge in [0.15, 0.2) is 0 Å². The third-order valence-corrected chi connectivity index (χ3v) is 4.61. The quantitative estimate of drug-likeness (QED) is 0.800. The van der Waals surface area contributed by atoms with Crippen LogP contribution in [0.15, 0.2) is 54.6 Å². The predicted octanol–water partition coefficient (Wildman–Crippen LogP) is 2.58. The zero-order valence-electron chi connectivity index (χ0n) is 13.8. The number of hydrogen-bond acceptors (Lipinski definition) is 3. The molecular weight excluding hydrogens is 316 g/mol. The lowest BCUT2D eigenvalue weighted by Crippen LogP contribution is -2.39. The molecule has 1 fully saturated rings. The van der Waals surface area contributed by atoms with Crippen molar-refractivity contribution in [2.24, 2.45) is 0 Å². The summed E-state index contributed by atoms with van der Waals surface area (Å²) in [7, 11) is 1.67. The van der Waals surface area contributed by atoms with Crippen molar-refractivity contribution in [1.82, 2.24) is 14.5 Å². The second-order valence-electron chi connectivity index (χ2n) is 6.14. The Labute approximate surface area is 145 Å². The SMILES string of the molecule is CN1C(=O)CCC1C(=O)Nc1nc2ccccc2n1-c1ccccc1. The highest BCUT2D eigenvalue weighted by atomic mass is 16.2. The number of nitrogens with one attached hydrogen (secondary N) is 1. The molecule has 6 heteroatoms. The van der Waals surface area contributed by atoms with Gasteiger partial charge in [0.25, 0.3) is 0 Å². The average Bonchev–Trinajstić information content (AvgIpc) is 3.16. The number of likely N-dealkylation sites (N-methyl/N-ethyl adjacent to an activating group) is 1. The molecule has 1 aliphatic rings. The third kappa shape index (κ3) is 2.65. The molecule has 3 aromatic rings. The molecule has 4 rings (SSSR count). The summed E-state index contributed by atoms with van der Waals surface area (Å²) in [6.45, 7) is 0. The van der Waals surface area contributed by atoms with Gasteiger partial charge in [0.1, 0.15) is 6.04 Å². The largest absolute Gasteiger partial charge is 0.334 e. The summed E-state index contributed by atoms with van der Waals surface area (Å²) < 4.78 is 1.92. The second kappa shape index (κ2) is 6.05. The molecule has 2 heterocycles. The molecule has 1 aliphatic heterocycles. The predicted molar refractivity (Wildman–Crippen MR) is 95.5 cm³/mol. The topological polar surface area (TPSA) is 67.2 Å². The molecular formula is C19H18N4O2. The molecule has 0 radical (unpaired) electrons. The normalized spacial score (nSPS) is 17.2. The summed E-state index contributed by atoms with van der Waals surface area (Å²) >= 11 is 0. The van der Waals surface area contributed by atoms with Gasteiger partial charge in [0.05, 0.1) is 11.0 Å². The van der Waals surface area contributed by atoms with E-state index in [1.54, 1.807) is 7.05 Å². The molecule has 1 N–H and O–H groups in total. The Morgan fingerprint density at radius 1 is 1.12 bits per heavy atom. The van der Waals surface area contributed by atoms with E-state index in [4.69, 9.17) is 0 Å². The van der Waals surface area contributed by atoms with Crippen molar-refractivity contribution in [2.75, 3.05) is 12.4 Å². The summed E-state index contributed by atoms with van der Waals surface area (Å²) in [5, 5.41) is 2.91. The van der Waals surface area contributed by atoms with E-state index in [9.17, 15) is 9.59 Å². The molecule has 0 bridgehead atoms. The maximum Gasteiger partial charge on any atom is 0.249 e. The smallest absolute Gasteiger partial charge is 0.249 e. The summed E-state index contributed by atoms with van der Waals surface area (Å²) in [6.07, 6.45) is 0.941. The fourth-order valence-electron chi connectivity index (χ4n) is 3.25. The zero-order valence-corrected chi connectivity index (χ0v) is 13.8. The van der Waals surface area contributed by atoms with E-state index < -0.39 is 6.04 Å². The van der Waals surface area contributed by atoms with Gasteiger partial charge in [-0.2, -0.15) is 0 Å². The number of likely N-dealkylation sites (tertiary alicyclic amines) is 1. The summed E-state index contributed by atoms with van der Waals surface area (Å²) in [5.74, 6) is 0.252. The highest BCUT2D eigenvalue weighted by Gasteiger charge is 2.33. The lowest BCUT2D eigenvalue weighted by Gasteiger charge is -2.19.